The standard InChI is InChI=1S/C13H27N3O/c1-16(2)9-11-17-10-8-15-13(14)12-6-4-3-5-7-12/h12H,3-11H2,1-2H3,(H2,14,15). The Kier molecular flexibility index (Phi) is 7.21. The summed E-state index contributed by atoms with van der Waals surface area (Å²) in [4.78, 5) is 6.53. The first-order valence-corrected chi connectivity index (χ1v) is 6.72. The number of hydrogen-bond donors (Lipinski definition) is 1. The first-order chi connectivity index (χ1) is 8.20. The van der Waals surface area contributed by atoms with E-state index in [9.17, 15) is 0 Å². The van der Waals surface area contributed by atoms with Crippen molar-refractivity contribution in [2.24, 2.45) is 16.6 Å². The minimum Gasteiger partial charge on any atom is -0.387 e. The van der Waals surface area contributed by atoms with Gasteiger partial charge < -0.3 is 15.4 Å². The Hall–Kier alpha value is -0.610. The van der Waals surface area contributed by atoms with Crippen LogP contribution in [0.1, 0.15) is 32.1 Å². The van der Waals surface area contributed by atoms with Gasteiger partial charge in [-0.2, -0.15) is 0 Å². The number of aliphatic imine (C=N–C) groups is 1. The Bertz CT molecular complexity index is 223. The van der Waals surface area contributed by atoms with Crippen LogP contribution in [-0.2, 0) is 4.74 Å². The van der Waals surface area contributed by atoms with Crippen LogP contribution >= 0.6 is 0 Å². The fourth-order valence-electron chi connectivity index (χ4n) is 2.12. The van der Waals surface area contributed by atoms with Crippen LogP contribution in [0.4, 0.5) is 0 Å². The molecule has 0 heterocycles. The van der Waals surface area contributed by atoms with Crippen LogP contribution in [0.2, 0.25) is 0 Å². The predicted octanol–water partition coefficient (Wildman–Crippen LogP) is 1.50. The molecule has 0 bridgehead atoms. The Balaban J connectivity index is 2.06. The molecule has 0 aromatic heterocycles. The van der Waals surface area contributed by atoms with Crippen LogP contribution in [0.5, 0.6) is 0 Å². The minimum absolute atomic E-state index is 0.533. The SMILES string of the molecule is CN(C)CCOCCN=C(N)C1CCCCC1. The maximum absolute atomic E-state index is 6.00. The lowest BCUT2D eigenvalue weighted by atomic mass is 9.88. The van der Waals surface area contributed by atoms with Crippen LogP contribution in [0.25, 0.3) is 0 Å². The zero-order chi connectivity index (χ0) is 12.5. The Morgan fingerprint density at radius 1 is 1.24 bits per heavy atom. The van der Waals surface area contributed by atoms with E-state index < -0.39 is 0 Å². The van der Waals surface area contributed by atoms with Gasteiger partial charge >= 0.3 is 0 Å². The maximum atomic E-state index is 6.00. The van der Waals surface area contributed by atoms with Gasteiger partial charge in [0.25, 0.3) is 0 Å². The van der Waals surface area contributed by atoms with Gasteiger partial charge in [-0.25, -0.2) is 0 Å². The van der Waals surface area contributed by atoms with Gasteiger partial charge in [0, 0.05) is 12.5 Å². The maximum Gasteiger partial charge on any atom is 0.0969 e. The highest BCUT2D eigenvalue weighted by molar-refractivity contribution is 5.82. The summed E-state index contributed by atoms with van der Waals surface area (Å²) in [6.07, 6.45) is 6.41. The fraction of sp³-hybridized carbons (Fsp3) is 0.923. The van der Waals surface area contributed by atoms with E-state index in [4.69, 9.17) is 10.5 Å². The monoisotopic (exact) mass is 241 g/mol. The third kappa shape index (κ3) is 6.64. The third-order valence-electron chi connectivity index (χ3n) is 3.24. The molecule has 1 rings (SSSR count). The molecule has 0 aliphatic heterocycles. The van der Waals surface area contributed by atoms with Crippen molar-refractivity contribution in [3.8, 4) is 0 Å². The van der Waals surface area contributed by atoms with Crippen molar-refractivity contribution in [1.29, 1.82) is 0 Å². The fourth-order valence-corrected chi connectivity index (χ4v) is 2.12. The summed E-state index contributed by atoms with van der Waals surface area (Å²) in [5.74, 6) is 1.38. The number of nitrogens with two attached hydrogens (primary N) is 1. The van der Waals surface area contributed by atoms with Gasteiger partial charge in [-0.15, -0.1) is 0 Å². The molecule has 1 fully saturated rings. The lowest BCUT2D eigenvalue weighted by molar-refractivity contribution is 0.124. The van der Waals surface area contributed by atoms with E-state index >= 15 is 0 Å². The van der Waals surface area contributed by atoms with E-state index in [1.165, 1.54) is 32.1 Å². The number of rotatable bonds is 7. The van der Waals surface area contributed by atoms with Crippen molar-refractivity contribution in [1.82, 2.24) is 4.90 Å². The predicted molar refractivity (Wildman–Crippen MR) is 72.4 cm³/mol. The minimum atomic E-state index is 0.533. The second-order valence-corrected chi connectivity index (χ2v) is 5.06. The molecule has 0 spiro atoms. The molecular weight excluding hydrogens is 214 g/mol. The molecule has 0 unspecified atom stereocenters. The van der Waals surface area contributed by atoms with Crippen LogP contribution < -0.4 is 5.73 Å². The molecular formula is C13H27N3O. The van der Waals surface area contributed by atoms with E-state index in [0.717, 1.165) is 19.0 Å². The van der Waals surface area contributed by atoms with Crippen molar-refractivity contribution in [2.45, 2.75) is 32.1 Å². The molecule has 17 heavy (non-hydrogen) atoms. The summed E-state index contributed by atoms with van der Waals surface area (Å²) < 4.78 is 5.48. The molecule has 0 amide bonds. The average molecular weight is 241 g/mol. The average Bonchev–Trinajstić information content (AvgIpc) is 2.34. The lowest BCUT2D eigenvalue weighted by Crippen LogP contribution is -2.26. The van der Waals surface area contributed by atoms with Gasteiger partial charge in [-0.05, 0) is 26.9 Å². The van der Waals surface area contributed by atoms with Crippen LogP contribution in [0.15, 0.2) is 4.99 Å². The highest BCUT2D eigenvalue weighted by atomic mass is 16.5. The van der Waals surface area contributed by atoms with E-state index in [1.807, 2.05) is 14.1 Å². The summed E-state index contributed by atoms with van der Waals surface area (Å²) in [5.41, 5.74) is 6.00. The molecule has 1 aliphatic rings. The summed E-state index contributed by atoms with van der Waals surface area (Å²) >= 11 is 0. The van der Waals surface area contributed by atoms with E-state index in [1.54, 1.807) is 0 Å². The first kappa shape index (κ1) is 14.5. The molecule has 100 valence electrons. The topological polar surface area (TPSA) is 50.8 Å². The number of nitrogens with zero attached hydrogens (tertiary/aromatic N) is 2. The second-order valence-electron chi connectivity index (χ2n) is 5.06. The van der Waals surface area contributed by atoms with E-state index in [2.05, 4.69) is 9.89 Å². The summed E-state index contributed by atoms with van der Waals surface area (Å²) in [7, 11) is 4.09. The number of ether oxygens (including phenoxy) is 1. The van der Waals surface area contributed by atoms with Gasteiger partial charge in [-0.3, -0.25) is 4.99 Å². The Morgan fingerprint density at radius 3 is 2.59 bits per heavy atom. The third-order valence-corrected chi connectivity index (χ3v) is 3.24. The molecule has 4 nitrogen and oxygen atoms in total. The van der Waals surface area contributed by atoms with Crippen LogP contribution in [-0.4, -0.2) is 51.1 Å². The van der Waals surface area contributed by atoms with Crippen LogP contribution in [0, 0.1) is 5.92 Å². The summed E-state index contributed by atoms with van der Waals surface area (Å²) in [6.45, 7) is 3.12. The van der Waals surface area contributed by atoms with Gasteiger partial charge in [0.1, 0.15) is 0 Å². The molecule has 2 N–H and O–H groups in total. The normalized spacial score (nSPS) is 18.9. The smallest absolute Gasteiger partial charge is 0.0969 e. The molecule has 1 aliphatic carbocycles. The zero-order valence-corrected chi connectivity index (χ0v) is 11.3. The molecule has 0 atom stereocenters. The number of hydrogen-bond acceptors (Lipinski definition) is 3. The van der Waals surface area contributed by atoms with Crippen molar-refractivity contribution in [3.05, 3.63) is 0 Å². The first-order valence-electron chi connectivity index (χ1n) is 6.72. The van der Waals surface area contributed by atoms with Crippen LogP contribution in [0.3, 0.4) is 0 Å². The highest BCUT2D eigenvalue weighted by Crippen LogP contribution is 2.23. The quantitative estimate of drug-likeness (QED) is 0.417. The lowest BCUT2D eigenvalue weighted by Gasteiger charge is -2.20. The Labute approximate surface area is 105 Å². The molecule has 0 saturated heterocycles. The van der Waals surface area contributed by atoms with Gasteiger partial charge in [0.15, 0.2) is 0 Å². The Morgan fingerprint density at radius 2 is 1.94 bits per heavy atom. The number of likely N-dealkylation sites (N-methyl/N-ethyl adjacent to an activating group) is 1. The largest absolute Gasteiger partial charge is 0.387 e. The van der Waals surface area contributed by atoms with Crippen molar-refractivity contribution in [2.75, 3.05) is 40.4 Å². The van der Waals surface area contributed by atoms with Gasteiger partial charge in [0.05, 0.1) is 25.6 Å². The second kappa shape index (κ2) is 8.48. The highest BCUT2D eigenvalue weighted by Gasteiger charge is 2.16. The van der Waals surface area contributed by atoms with Gasteiger partial charge in [0.2, 0.25) is 0 Å². The molecule has 1 saturated carbocycles. The van der Waals surface area contributed by atoms with Gasteiger partial charge in [-0.1, -0.05) is 19.3 Å². The summed E-state index contributed by atoms with van der Waals surface area (Å²) in [6, 6.07) is 0. The van der Waals surface area contributed by atoms with Crippen molar-refractivity contribution in [3.63, 3.8) is 0 Å². The zero-order valence-electron chi connectivity index (χ0n) is 11.3. The van der Waals surface area contributed by atoms with E-state index in [-0.39, 0.29) is 0 Å². The summed E-state index contributed by atoms with van der Waals surface area (Å²) in [5, 5.41) is 0. The molecule has 0 aromatic rings. The van der Waals surface area contributed by atoms with E-state index in [0.29, 0.717) is 19.1 Å². The molecule has 4 heteroatoms. The molecule has 0 radical (unpaired) electrons. The number of amidine groups is 1. The van der Waals surface area contributed by atoms with Crippen molar-refractivity contribution < 1.29 is 4.74 Å². The molecule has 0 aromatic carbocycles. The van der Waals surface area contributed by atoms with Crippen molar-refractivity contribution >= 4 is 5.84 Å².